The molecule has 162 valence electrons. The lowest BCUT2D eigenvalue weighted by molar-refractivity contribution is -0.157. The van der Waals surface area contributed by atoms with Crippen molar-refractivity contribution in [3.8, 4) is 0 Å². The maximum atomic E-state index is 12.5. The number of hydrogen-bond acceptors (Lipinski definition) is 7. The predicted octanol–water partition coefficient (Wildman–Crippen LogP) is -1.07. The molecule has 5 N–H and O–H groups in total. The second-order valence-electron chi connectivity index (χ2n) is 6.95. The van der Waals surface area contributed by atoms with Gasteiger partial charge in [-0.3, -0.25) is 9.59 Å². The summed E-state index contributed by atoms with van der Waals surface area (Å²) in [6.45, 7) is 3.63. The highest BCUT2D eigenvalue weighted by Gasteiger charge is 2.36. The fourth-order valence-electron chi connectivity index (χ4n) is 2.81. The number of nitrogens with one attached hydrogen (secondary N) is 2. The van der Waals surface area contributed by atoms with Gasteiger partial charge in [0.05, 0.1) is 6.61 Å². The number of benzene rings is 1. The molecule has 0 aliphatic heterocycles. The van der Waals surface area contributed by atoms with Crippen LogP contribution in [-0.4, -0.2) is 76.5 Å². The largest absolute Gasteiger partial charge is 0.394 e. The summed E-state index contributed by atoms with van der Waals surface area (Å²) in [6, 6.07) is 8.04. The van der Waals surface area contributed by atoms with Gasteiger partial charge in [0.2, 0.25) is 11.8 Å². The maximum absolute atomic E-state index is 12.5. The maximum Gasteiger partial charge on any atom is 0.249 e. The van der Waals surface area contributed by atoms with Crippen molar-refractivity contribution >= 4 is 18.1 Å². The Bertz CT molecular complexity index is 655. The van der Waals surface area contributed by atoms with Gasteiger partial charge in [-0.25, -0.2) is 0 Å². The highest BCUT2D eigenvalue weighted by atomic mass is 16.5. The fraction of sp³-hybridized carbons (Fsp3) is 0.550. The Morgan fingerprint density at radius 1 is 1.14 bits per heavy atom. The van der Waals surface area contributed by atoms with E-state index in [2.05, 4.69) is 10.6 Å². The number of carbonyl (C=O) groups excluding carboxylic acids is 3. The number of aliphatic hydroxyl groups excluding tert-OH is 3. The van der Waals surface area contributed by atoms with Crippen molar-refractivity contribution in [3.63, 3.8) is 0 Å². The second kappa shape index (κ2) is 12.3. The molecule has 0 bridgehead atoms. The molecule has 0 aliphatic carbocycles. The van der Waals surface area contributed by atoms with E-state index in [0.29, 0.717) is 12.7 Å². The second-order valence-corrected chi connectivity index (χ2v) is 6.95. The minimum Gasteiger partial charge on any atom is -0.394 e. The molecule has 1 aromatic rings. The molecule has 0 saturated carbocycles. The molecule has 9 heteroatoms. The fourth-order valence-corrected chi connectivity index (χ4v) is 2.81. The van der Waals surface area contributed by atoms with Crippen LogP contribution < -0.4 is 10.6 Å². The number of carbonyl (C=O) groups is 3. The zero-order valence-electron chi connectivity index (χ0n) is 16.8. The van der Waals surface area contributed by atoms with Gasteiger partial charge in [-0.15, -0.1) is 0 Å². The molecule has 9 nitrogen and oxygen atoms in total. The lowest BCUT2D eigenvalue weighted by atomic mass is 10.0. The average molecular weight is 410 g/mol. The molecule has 29 heavy (non-hydrogen) atoms. The monoisotopic (exact) mass is 410 g/mol. The molecule has 0 fully saturated rings. The van der Waals surface area contributed by atoms with Crippen LogP contribution in [0.2, 0.25) is 0 Å². The van der Waals surface area contributed by atoms with Crippen molar-refractivity contribution in [1.82, 2.24) is 10.6 Å². The van der Waals surface area contributed by atoms with Crippen LogP contribution in [0.4, 0.5) is 0 Å². The number of hydrogen-bond donors (Lipinski definition) is 5. The molecule has 0 aliphatic rings. The smallest absolute Gasteiger partial charge is 0.249 e. The number of aliphatic hydroxyl groups is 3. The number of amides is 2. The Labute approximate surface area is 170 Å². The van der Waals surface area contributed by atoms with Gasteiger partial charge in [0.1, 0.15) is 36.7 Å². The lowest BCUT2D eigenvalue weighted by Gasteiger charge is -2.32. The first kappa shape index (κ1) is 24.7. The minimum absolute atomic E-state index is 0.209. The van der Waals surface area contributed by atoms with Crippen molar-refractivity contribution in [3.05, 3.63) is 35.9 Å². The summed E-state index contributed by atoms with van der Waals surface area (Å²) in [4.78, 5) is 35.2. The van der Waals surface area contributed by atoms with Crippen LogP contribution in [0.1, 0.15) is 26.3 Å². The molecule has 0 spiro atoms. The summed E-state index contributed by atoms with van der Waals surface area (Å²) in [5, 5.41) is 34.1. The van der Waals surface area contributed by atoms with Crippen molar-refractivity contribution in [2.75, 3.05) is 6.61 Å². The van der Waals surface area contributed by atoms with Gasteiger partial charge in [0, 0.05) is 13.0 Å². The first-order chi connectivity index (χ1) is 13.7. The Hall–Kier alpha value is -2.33. The van der Waals surface area contributed by atoms with E-state index in [-0.39, 0.29) is 6.04 Å². The van der Waals surface area contributed by atoms with E-state index in [1.165, 1.54) is 13.8 Å². The summed E-state index contributed by atoms with van der Waals surface area (Å²) in [5.74, 6) is -1.05. The molecule has 6 atom stereocenters. The molecule has 0 unspecified atom stereocenters. The van der Waals surface area contributed by atoms with Gasteiger partial charge >= 0.3 is 0 Å². The summed E-state index contributed by atoms with van der Waals surface area (Å²) >= 11 is 0. The standard InChI is InChI=1S/C20H30N2O7/c1-12(9-15-7-5-4-6-8-15)21-20(28)13(2)29-19(18(27)17(26)11-24)16(10-23)22-14(3)25/h4-8,10,12-13,16-19,24,26-27H,9,11H2,1-3H3,(H,21,28)(H,22,25)/t12-,13-,16-,17+,18-,19+/m0/s1. The third-order valence-electron chi connectivity index (χ3n) is 4.29. The van der Waals surface area contributed by atoms with Gasteiger partial charge in [-0.05, 0) is 25.8 Å². The quantitative estimate of drug-likeness (QED) is 0.276. The summed E-state index contributed by atoms with van der Waals surface area (Å²) in [6.07, 6.45) is -4.94. The van der Waals surface area contributed by atoms with Crippen LogP contribution in [0.25, 0.3) is 0 Å². The molecule has 0 heterocycles. The lowest BCUT2D eigenvalue weighted by Crippen LogP contribution is -2.56. The first-order valence-corrected chi connectivity index (χ1v) is 9.38. The molecule has 2 amide bonds. The van der Waals surface area contributed by atoms with Crippen molar-refractivity contribution in [1.29, 1.82) is 0 Å². The number of ether oxygens (including phenoxy) is 1. The normalized spacial score (nSPS) is 17.3. The SMILES string of the molecule is CC(=O)N[C@@H](C=O)[C@@H](O[C@@H](C)C(=O)N[C@@H](C)Cc1ccccc1)[C@@H](O)[C@H](O)CO. The zero-order valence-corrected chi connectivity index (χ0v) is 16.8. The average Bonchev–Trinajstić information content (AvgIpc) is 2.69. The van der Waals surface area contributed by atoms with Crippen LogP contribution in [-0.2, 0) is 25.5 Å². The highest BCUT2D eigenvalue weighted by Crippen LogP contribution is 2.13. The Morgan fingerprint density at radius 3 is 2.28 bits per heavy atom. The van der Waals surface area contributed by atoms with E-state index < -0.39 is 48.9 Å². The van der Waals surface area contributed by atoms with Crippen LogP contribution >= 0.6 is 0 Å². The van der Waals surface area contributed by atoms with E-state index in [1.807, 2.05) is 37.3 Å². The number of aldehydes is 1. The van der Waals surface area contributed by atoms with E-state index in [0.717, 1.165) is 5.56 Å². The Balaban J connectivity index is 2.80. The summed E-state index contributed by atoms with van der Waals surface area (Å²) in [5.41, 5.74) is 1.04. The van der Waals surface area contributed by atoms with Gasteiger partial charge in [0.15, 0.2) is 0 Å². The van der Waals surface area contributed by atoms with Crippen molar-refractivity contribution in [2.45, 2.75) is 63.7 Å². The third-order valence-corrected chi connectivity index (χ3v) is 4.29. The molecule has 0 radical (unpaired) electrons. The van der Waals surface area contributed by atoms with Gasteiger partial charge in [0.25, 0.3) is 0 Å². The van der Waals surface area contributed by atoms with Crippen molar-refractivity contribution in [2.24, 2.45) is 0 Å². The van der Waals surface area contributed by atoms with Crippen LogP contribution in [0.15, 0.2) is 30.3 Å². The van der Waals surface area contributed by atoms with E-state index in [4.69, 9.17) is 9.84 Å². The Kier molecular flexibility index (Phi) is 10.5. The van der Waals surface area contributed by atoms with Gasteiger partial charge < -0.3 is 35.5 Å². The van der Waals surface area contributed by atoms with E-state index in [9.17, 15) is 24.6 Å². The van der Waals surface area contributed by atoms with Gasteiger partial charge in [-0.1, -0.05) is 30.3 Å². The summed E-state index contributed by atoms with van der Waals surface area (Å²) in [7, 11) is 0. The molecule has 1 rings (SSSR count). The number of rotatable bonds is 12. The van der Waals surface area contributed by atoms with E-state index in [1.54, 1.807) is 0 Å². The highest BCUT2D eigenvalue weighted by molar-refractivity contribution is 5.81. The Morgan fingerprint density at radius 2 is 1.76 bits per heavy atom. The van der Waals surface area contributed by atoms with Crippen LogP contribution in [0.5, 0.6) is 0 Å². The minimum atomic E-state index is -1.71. The molecule has 1 aromatic carbocycles. The third kappa shape index (κ3) is 8.28. The van der Waals surface area contributed by atoms with E-state index >= 15 is 0 Å². The van der Waals surface area contributed by atoms with Gasteiger partial charge in [-0.2, -0.15) is 0 Å². The van der Waals surface area contributed by atoms with Crippen molar-refractivity contribution < 1.29 is 34.4 Å². The van der Waals surface area contributed by atoms with Crippen LogP contribution in [0, 0.1) is 0 Å². The van der Waals surface area contributed by atoms with Crippen LogP contribution in [0.3, 0.4) is 0 Å². The molecule has 0 aromatic heterocycles. The first-order valence-electron chi connectivity index (χ1n) is 9.38. The summed E-state index contributed by atoms with van der Waals surface area (Å²) < 4.78 is 5.52. The molecule has 0 saturated heterocycles. The topological polar surface area (TPSA) is 145 Å². The predicted molar refractivity (Wildman–Crippen MR) is 105 cm³/mol. The molecular weight excluding hydrogens is 380 g/mol. The zero-order chi connectivity index (χ0) is 22.0. The molecular formula is C20H30N2O7.